The van der Waals surface area contributed by atoms with Crippen LogP contribution in [0.15, 0.2) is 17.4 Å². The fraction of sp³-hybridized carbons (Fsp3) is 0.571. The van der Waals surface area contributed by atoms with Crippen LogP contribution < -0.4 is 14.2 Å². The van der Waals surface area contributed by atoms with Crippen molar-refractivity contribution in [3.05, 3.63) is 28.5 Å². The van der Waals surface area contributed by atoms with Crippen LogP contribution in [0.3, 0.4) is 0 Å². The van der Waals surface area contributed by atoms with E-state index in [1.165, 1.54) is 0 Å². The molecule has 0 fully saturated rings. The number of nitrogens with zero attached hydrogens (tertiary/aromatic N) is 1. The summed E-state index contributed by atoms with van der Waals surface area (Å²) < 4.78 is 22.0. The molecule has 0 aliphatic carbocycles. The first-order chi connectivity index (χ1) is 13.3. The van der Waals surface area contributed by atoms with Crippen molar-refractivity contribution in [2.24, 2.45) is 5.41 Å². The monoisotopic (exact) mass is 391 g/mol. The molecule has 1 aromatic rings. The van der Waals surface area contributed by atoms with Crippen LogP contribution in [0, 0.1) is 5.41 Å². The summed E-state index contributed by atoms with van der Waals surface area (Å²) in [6.07, 6.45) is 0.773. The Morgan fingerprint density at radius 1 is 1.21 bits per heavy atom. The Morgan fingerprint density at radius 2 is 1.89 bits per heavy atom. The first-order valence-corrected chi connectivity index (χ1v) is 9.47. The Kier molecular flexibility index (Phi) is 5.48. The molecule has 0 radical (unpaired) electrons. The van der Waals surface area contributed by atoms with Gasteiger partial charge in [-0.2, -0.15) is 0 Å². The highest BCUT2D eigenvalue weighted by Gasteiger charge is 2.49. The van der Waals surface area contributed by atoms with Gasteiger partial charge in [-0.05, 0) is 25.0 Å². The molecule has 1 N–H and O–H groups in total. The summed E-state index contributed by atoms with van der Waals surface area (Å²) in [5.41, 5.74) is 1.66. The number of benzene rings is 1. The SMILES string of the molecule is CCOC(=O)C1=C(O)C(C)(C)C2c3c(cc(OC)c(OC)c3OC)CCN2C1. The number of methoxy groups -OCH3 is 3. The summed E-state index contributed by atoms with van der Waals surface area (Å²) in [6.45, 7) is 6.97. The molecule has 0 saturated heterocycles. The van der Waals surface area contributed by atoms with Crippen molar-refractivity contribution in [1.29, 1.82) is 0 Å². The van der Waals surface area contributed by atoms with Gasteiger partial charge in [0.15, 0.2) is 11.5 Å². The molecule has 154 valence electrons. The largest absolute Gasteiger partial charge is 0.511 e. The van der Waals surface area contributed by atoms with Crippen LogP contribution in [-0.4, -0.2) is 57.0 Å². The Bertz CT molecular complexity index is 814. The second-order valence-corrected chi connectivity index (χ2v) is 7.61. The first kappa shape index (κ1) is 20.3. The molecule has 7 heteroatoms. The van der Waals surface area contributed by atoms with Crippen LogP contribution in [0.25, 0.3) is 0 Å². The minimum Gasteiger partial charge on any atom is -0.511 e. The standard InChI is InChI=1S/C21H29NO6/c1-7-28-20(24)13-11-22-9-8-12-10-14(25-4)16(26-5)17(27-6)15(12)18(22)21(2,3)19(13)23/h10,18,23H,7-9,11H2,1-6H3. The maximum atomic E-state index is 12.4. The summed E-state index contributed by atoms with van der Waals surface area (Å²) in [5.74, 6) is 1.36. The minimum atomic E-state index is -0.720. The van der Waals surface area contributed by atoms with E-state index in [2.05, 4.69) is 4.90 Å². The average molecular weight is 391 g/mol. The van der Waals surface area contributed by atoms with Crippen LogP contribution in [-0.2, 0) is 16.0 Å². The molecule has 28 heavy (non-hydrogen) atoms. The zero-order valence-corrected chi connectivity index (χ0v) is 17.4. The number of carbonyl (C=O) groups excluding carboxylic acids is 1. The number of esters is 1. The van der Waals surface area contributed by atoms with E-state index in [4.69, 9.17) is 18.9 Å². The Balaban J connectivity index is 2.20. The highest BCUT2D eigenvalue weighted by Crippen LogP contribution is 2.56. The third-order valence-electron chi connectivity index (χ3n) is 5.72. The Morgan fingerprint density at radius 3 is 2.46 bits per heavy atom. The number of aliphatic hydroxyl groups is 1. The van der Waals surface area contributed by atoms with Crippen LogP contribution in [0.4, 0.5) is 0 Å². The van der Waals surface area contributed by atoms with E-state index in [1.807, 2.05) is 19.9 Å². The predicted octanol–water partition coefficient (Wildman–Crippen LogP) is 3.03. The average Bonchev–Trinajstić information content (AvgIpc) is 2.68. The summed E-state index contributed by atoms with van der Waals surface area (Å²) in [4.78, 5) is 14.6. The topological polar surface area (TPSA) is 77.5 Å². The molecule has 2 heterocycles. The smallest absolute Gasteiger partial charge is 0.338 e. The molecule has 3 rings (SSSR count). The molecular weight excluding hydrogens is 362 g/mol. The van der Waals surface area contributed by atoms with Crippen molar-refractivity contribution in [3.63, 3.8) is 0 Å². The molecule has 2 aliphatic heterocycles. The van der Waals surface area contributed by atoms with Gasteiger partial charge in [0, 0.05) is 24.1 Å². The third-order valence-corrected chi connectivity index (χ3v) is 5.72. The molecule has 0 amide bonds. The van der Waals surface area contributed by atoms with Crippen LogP contribution in [0.1, 0.15) is 37.9 Å². The molecule has 0 aromatic heterocycles. The molecule has 0 spiro atoms. The van der Waals surface area contributed by atoms with E-state index in [-0.39, 0.29) is 18.4 Å². The lowest BCUT2D eigenvalue weighted by Crippen LogP contribution is -2.49. The van der Waals surface area contributed by atoms with Crippen molar-refractivity contribution in [1.82, 2.24) is 4.90 Å². The van der Waals surface area contributed by atoms with Crippen LogP contribution >= 0.6 is 0 Å². The van der Waals surface area contributed by atoms with Crippen molar-refractivity contribution >= 4 is 5.97 Å². The van der Waals surface area contributed by atoms with Gasteiger partial charge in [0.2, 0.25) is 5.75 Å². The van der Waals surface area contributed by atoms with E-state index in [0.29, 0.717) is 29.4 Å². The molecule has 0 bridgehead atoms. The zero-order valence-electron chi connectivity index (χ0n) is 17.4. The molecule has 1 aromatic carbocycles. The fourth-order valence-electron chi connectivity index (χ4n) is 4.47. The zero-order chi connectivity index (χ0) is 20.6. The number of hydrogen-bond acceptors (Lipinski definition) is 7. The lowest BCUT2D eigenvalue weighted by Gasteiger charge is -2.49. The number of aliphatic hydroxyl groups excluding tert-OH is 1. The predicted molar refractivity (Wildman–Crippen MR) is 104 cm³/mol. The highest BCUT2D eigenvalue weighted by atomic mass is 16.5. The summed E-state index contributed by atoms with van der Waals surface area (Å²) in [6, 6.07) is 1.80. The van der Waals surface area contributed by atoms with Gasteiger partial charge in [-0.25, -0.2) is 4.79 Å². The summed E-state index contributed by atoms with van der Waals surface area (Å²) in [5, 5.41) is 11.0. The minimum absolute atomic E-state index is 0.0666. The van der Waals surface area contributed by atoms with Gasteiger partial charge in [-0.15, -0.1) is 0 Å². The summed E-state index contributed by atoms with van der Waals surface area (Å²) >= 11 is 0. The van der Waals surface area contributed by atoms with Gasteiger partial charge in [-0.1, -0.05) is 13.8 Å². The molecule has 2 aliphatic rings. The van der Waals surface area contributed by atoms with Gasteiger partial charge < -0.3 is 24.1 Å². The van der Waals surface area contributed by atoms with Crippen LogP contribution in [0.2, 0.25) is 0 Å². The van der Waals surface area contributed by atoms with Crippen molar-refractivity contribution in [3.8, 4) is 17.2 Å². The van der Waals surface area contributed by atoms with E-state index < -0.39 is 11.4 Å². The number of ether oxygens (including phenoxy) is 4. The normalized spacial score (nSPS) is 20.9. The van der Waals surface area contributed by atoms with E-state index in [0.717, 1.165) is 24.1 Å². The van der Waals surface area contributed by atoms with Crippen molar-refractivity contribution < 1.29 is 28.8 Å². The molecular formula is C21H29NO6. The number of hydrogen-bond donors (Lipinski definition) is 1. The Hall–Kier alpha value is -2.41. The Labute approximate surface area is 165 Å². The van der Waals surface area contributed by atoms with Gasteiger partial charge in [-0.3, -0.25) is 4.90 Å². The number of rotatable bonds is 5. The fourth-order valence-corrected chi connectivity index (χ4v) is 4.47. The van der Waals surface area contributed by atoms with E-state index in [9.17, 15) is 9.90 Å². The molecule has 1 unspecified atom stereocenters. The molecule has 7 nitrogen and oxygen atoms in total. The molecule has 0 saturated carbocycles. The van der Waals surface area contributed by atoms with E-state index in [1.54, 1.807) is 28.3 Å². The lowest BCUT2D eigenvalue weighted by molar-refractivity contribution is -0.140. The maximum Gasteiger partial charge on any atom is 0.338 e. The van der Waals surface area contributed by atoms with E-state index >= 15 is 0 Å². The lowest BCUT2D eigenvalue weighted by atomic mass is 9.70. The van der Waals surface area contributed by atoms with Gasteiger partial charge in [0.25, 0.3) is 0 Å². The van der Waals surface area contributed by atoms with Gasteiger partial charge in [0.1, 0.15) is 5.76 Å². The second kappa shape index (κ2) is 7.54. The first-order valence-electron chi connectivity index (χ1n) is 9.47. The third kappa shape index (κ3) is 2.98. The maximum absolute atomic E-state index is 12.4. The van der Waals surface area contributed by atoms with Gasteiger partial charge >= 0.3 is 5.97 Å². The number of carbonyl (C=O) groups is 1. The van der Waals surface area contributed by atoms with Crippen molar-refractivity contribution in [2.75, 3.05) is 41.0 Å². The number of fused-ring (bicyclic) bond motifs is 3. The second-order valence-electron chi connectivity index (χ2n) is 7.61. The molecule has 1 atom stereocenters. The van der Waals surface area contributed by atoms with Gasteiger partial charge in [0.05, 0.1) is 39.6 Å². The highest BCUT2D eigenvalue weighted by molar-refractivity contribution is 5.90. The summed E-state index contributed by atoms with van der Waals surface area (Å²) in [7, 11) is 4.78. The quantitative estimate of drug-likeness (QED) is 0.773. The van der Waals surface area contributed by atoms with Crippen LogP contribution in [0.5, 0.6) is 17.2 Å². The van der Waals surface area contributed by atoms with Crippen molar-refractivity contribution in [2.45, 2.75) is 33.2 Å².